The van der Waals surface area contributed by atoms with Gasteiger partial charge >= 0.3 is 6.03 Å². The van der Waals surface area contributed by atoms with Gasteiger partial charge in [0.25, 0.3) is 10.0 Å². The van der Waals surface area contributed by atoms with Crippen molar-refractivity contribution in [1.82, 2.24) is 19.6 Å². The molecular weight excluding hydrogens is 476 g/mol. The van der Waals surface area contributed by atoms with Crippen molar-refractivity contribution in [2.75, 3.05) is 6.61 Å². The highest BCUT2D eigenvalue weighted by Crippen LogP contribution is 2.23. The summed E-state index contributed by atoms with van der Waals surface area (Å²) in [6, 6.07) is 22.2. The van der Waals surface area contributed by atoms with Crippen molar-refractivity contribution in [2.24, 2.45) is 0 Å². The number of urea groups is 1. The molecular formula is C27H28N4O4S. The Labute approximate surface area is 211 Å². The highest BCUT2D eigenvalue weighted by Gasteiger charge is 2.25. The van der Waals surface area contributed by atoms with Gasteiger partial charge in [-0.3, -0.25) is 0 Å². The second kappa shape index (κ2) is 11.1. The number of carbonyl (C=O) groups is 1. The number of rotatable bonds is 9. The van der Waals surface area contributed by atoms with Crippen molar-refractivity contribution >= 4 is 16.1 Å². The summed E-state index contributed by atoms with van der Waals surface area (Å²) >= 11 is 0. The van der Waals surface area contributed by atoms with Crippen LogP contribution in [0.4, 0.5) is 4.79 Å². The lowest BCUT2D eigenvalue weighted by molar-refractivity contribution is 0.241. The molecule has 0 aliphatic heterocycles. The van der Waals surface area contributed by atoms with Crippen LogP contribution in [0.15, 0.2) is 96.2 Å². The summed E-state index contributed by atoms with van der Waals surface area (Å²) in [5.74, 6) is 1.31. The lowest BCUT2D eigenvalue weighted by atomic mass is 10.1. The number of ether oxygens (including phenoxy) is 1. The molecule has 8 nitrogen and oxygen atoms in total. The van der Waals surface area contributed by atoms with Gasteiger partial charge in [-0.2, -0.15) is 0 Å². The molecule has 4 aromatic rings. The molecule has 3 aromatic carbocycles. The van der Waals surface area contributed by atoms with E-state index in [-0.39, 0.29) is 4.90 Å². The Morgan fingerprint density at radius 2 is 1.69 bits per heavy atom. The Morgan fingerprint density at radius 1 is 1.00 bits per heavy atom. The molecule has 186 valence electrons. The topological polar surface area (TPSA) is 102 Å². The maximum atomic E-state index is 12.9. The van der Waals surface area contributed by atoms with Crippen LogP contribution in [-0.2, 0) is 16.4 Å². The number of carbonyl (C=O) groups excluding carboxylic acids is 1. The summed E-state index contributed by atoms with van der Waals surface area (Å²) in [6.45, 7) is 4.17. The lowest BCUT2D eigenvalue weighted by Gasteiger charge is -2.21. The van der Waals surface area contributed by atoms with Crippen molar-refractivity contribution < 1.29 is 17.9 Å². The molecule has 4 rings (SSSR count). The molecule has 0 aliphatic rings. The van der Waals surface area contributed by atoms with Gasteiger partial charge in [0, 0.05) is 18.1 Å². The monoisotopic (exact) mass is 504 g/mol. The number of hydrogen-bond acceptors (Lipinski definition) is 5. The molecule has 1 aromatic heterocycles. The number of aromatic nitrogens is 2. The smallest absolute Gasteiger partial charge is 0.329 e. The molecule has 0 fully saturated rings. The maximum Gasteiger partial charge on any atom is 0.329 e. The highest BCUT2D eigenvalue weighted by molar-refractivity contribution is 7.90. The van der Waals surface area contributed by atoms with E-state index in [1.165, 1.54) is 6.07 Å². The number of nitrogens with one attached hydrogen (secondary N) is 2. The quantitative estimate of drug-likeness (QED) is 0.348. The Hall–Kier alpha value is -4.11. The first-order chi connectivity index (χ1) is 17.4. The maximum absolute atomic E-state index is 12.9. The standard InChI is InChI=1S/C27H28N4O4S/c1-3-35-23-15-13-22(14-16-23)31-18-17-28-26(31)24(19-21-10-5-4-6-11-21)29-27(32)30-36(33,34)25-12-8-7-9-20(25)2/h4-18,24H,3,19H2,1-2H3,(H2,29,30,32)/t24-/m0/s1. The predicted molar refractivity (Wildman–Crippen MR) is 138 cm³/mol. The number of benzene rings is 3. The number of aryl methyl sites for hydroxylation is 1. The van der Waals surface area contributed by atoms with Crippen LogP contribution >= 0.6 is 0 Å². The minimum atomic E-state index is -4.05. The Morgan fingerprint density at radius 3 is 2.39 bits per heavy atom. The first kappa shape index (κ1) is 25.0. The number of sulfonamides is 1. The van der Waals surface area contributed by atoms with Crippen LogP contribution in [0.1, 0.15) is 29.9 Å². The molecule has 0 saturated carbocycles. The van der Waals surface area contributed by atoms with Gasteiger partial charge < -0.3 is 14.6 Å². The van der Waals surface area contributed by atoms with E-state index in [1.807, 2.05) is 66.1 Å². The minimum Gasteiger partial charge on any atom is -0.494 e. The number of nitrogens with zero attached hydrogens (tertiary/aromatic N) is 2. The van der Waals surface area contributed by atoms with E-state index < -0.39 is 22.1 Å². The Balaban J connectivity index is 1.62. The first-order valence-electron chi connectivity index (χ1n) is 11.6. The SMILES string of the molecule is CCOc1ccc(-n2ccnc2[C@H](Cc2ccccc2)NC(=O)NS(=O)(=O)c2ccccc2C)cc1. The third kappa shape index (κ3) is 5.92. The first-order valence-corrected chi connectivity index (χ1v) is 13.0. The van der Waals surface area contributed by atoms with E-state index in [4.69, 9.17) is 4.74 Å². The van der Waals surface area contributed by atoms with Gasteiger partial charge in [-0.15, -0.1) is 0 Å². The number of amides is 2. The fourth-order valence-corrected chi connectivity index (χ4v) is 5.10. The van der Waals surface area contributed by atoms with Gasteiger partial charge in [0.1, 0.15) is 11.6 Å². The zero-order valence-electron chi connectivity index (χ0n) is 20.1. The van der Waals surface area contributed by atoms with Crippen molar-refractivity contribution in [3.8, 4) is 11.4 Å². The second-order valence-electron chi connectivity index (χ2n) is 8.17. The van der Waals surface area contributed by atoms with Gasteiger partial charge in [-0.05, 0) is 61.7 Å². The predicted octanol–water partition coefficient (Wildman–Crippen LogP) is 4.55. The summed E-state index contributed by atoms with van der Waals surface area (Å²) in [5.41, 5.74) is 2.34. The molecule has 0 unspecified atom stereocenters. The second-order valence-corrected chi connectivity index (χ2v) is 9.82. The zero-order chi connectivity index (χ0) is 25.5. The van der Waals surface area contributed by atoms with E-state index in [0.717, 1.165) is 17.0 Å². The molecule has 9 heteroatoms. The minimum absolute atomic E-state index is 0.0515. The molecule has 0 aliphatic carbocycles. The van der Waals surface area contributed by atoms with Gasteiger partial charge in [-0.25, -0.2) is 22.9 Å². The van der Waals surface area contributed by atoms with E-state index in [0.29, 0.717) is 24.4 Å². The van der Waals surface area contributed by atoms with E-state index in [9.17, 15) is 13.2 Å². The van der Waals surface area contributed by atoms with Crippen LogP contribution < -0.4 is 14.8 Å². The fraction of sp³-hybridized carbons (Fsp3) is 0.185. The summed E-state index contributed by atoms with van der Waals surface area (Å²) < 4.78 is 35.3. The molecule has 2 amide bonds. The lowest BCUT2D eigenvalue weighted by Crippen LogP contribution is -2.42. The van der Waals surface area contributed by atoms with Crippen LogP contribution in [0, 0.1) is 6.92 Å². The van der Waals surface area contributed by atoms with Crippen LogP contribution in [-0.4, -0.2) is 30.6 Å². The molecule has 0 saturated heterocycles. The van der Waals surface area contributed by atoms with E-state index in [1.54, 1.807) is 37.5 Å². The Kier molecular flexibility index (Phi) is 7.70. The molecule has 0 spiro atoms. The number of hydrogen-bond donors (Lipinski definition) is 2. The van der Waals surface area contributed by atoms with E-state index >= 15 is 0 Å². The molecule has 0 radical (unpaired) electrons. The summed E-state index contributed by atoms with van der Waals surface area (Å²) in [7, 11) is -4.05. The van der Waals surface area contributed by atoms with Crippen molar-refractivity contribution in [1.29, 1.82) is 0 Å². The van der Waals surface area contributed by atoms with Crippen molar-refractivity contribution in [3.63, 3.8) is 0 Å². The third-order valence-electron chi connectivity index (χ3n) is 5.61. The molecule has 2 N–H and O–H groups in total. The highest BCUT2D eigenvalue weighted by atomic mass is 32.2. The van der Waals surface area contributed by atoms with Gasteiger partial charge in [0.05, 0.1) is 17.5 Å². The molecule has 1 heterocycles. The van der Waals surface area contributed by atoms with Crippen LogP contribution in [0.3, 0.4) is 0 Å². The van der Waals surface area contributed by atoms with Gasteiger partial charge in [0.15, 0.2) is 0 Å². The summed E-state index contributed by atoms with van der Waals surface area (Å²) in [4.78, 5) is 17.5. The van der Waals surface area contributed by atoms with Crippen LogP contribution in [0.25, 0.3) is 5.69 Å². The number of imidazole rings is 1. The van der Waals surface area contributed by atoms with Crippen LogP contribution in [0.5, 0.6) is 5.75 Å². The summed E-state index contributed by atoms with van der Waals surface area (Å²) in [6.07, 6.45) is 3.85. The van der Waals surface area contributed by atoms with Crippen molar-refractivity contribution in [3.05, 3.63) is 108 Å². The van der Waals surface area contributed by atoms with E-state index in [2.05, 4.69) is 15.0 Å². The average molecular weight is 505 g/mol. The average Bonchev–Trinajstić information content (AvgIpc) is 3.35. The van der Waals surface area contributed by atoms with Gasteiger partial charge in [0.2, 0.25) is 0 Å². The fourth-order valence-electron chi connectivity index (χ4n) is 3.94. The van der Waals surface area contributed by atoms with Gasteiger partial charge in [-0.1, -0.05) is 48.5 Å². The van der Waals surface area contributed by atoms with Crippen molar-refractivity contribution in [2.45, 2.75) is 31.2 Å². The third-order valence-corrected chi connectivity index (χ3v) is 7.10. The molecule has 0 bridgehead atoms. The molecule has 36 heavy (non-hydrogen) atoms. The zero-order valence-corrected chi connectivity index (χ0v) is 20.9. The van der Waals surface area contributed by atoms with Crippen LogP contribution in [0.2, 0.25) is 0 Å². The molecule has 1 atom stereocenters. The largest absolute Gasteiger partial charge is 0.494 e. The summed E-state index contributed by atoms with van der Waals surface area (Å²) in [5, 5.41) is 2.82. The Bertz CT molecular complexity index is 1420. The normalized spacial score (nSPS) is 12.1.